The molecule has 1 atom stereocenters. The SMILES string of the molecule is CC1c2ccsc2CCN1C(=O)C1CCN(S(C)(=O)=O)CC1. The first-order valence-electron chi connectivity index (χ1n) is 7.70. The van der Waals surface area contributed by atoms with E-state index in [1.165, 1.54) is 21.0 Å². The molecule has 0 saturated carbocycles. The van der Waals surface area contributed by atoms with E-state index in [-0.39, 0.29) is 17.9 Å². The molecule has 2 aliphatic rings. The van der Waals surface area contributed by atoms with Crippen LogP contribution in [-0.4, -0.2) is 49.4 Å². The Morgan fingerprint density at radius 3 is 2.59 bits per heavy atom. The largest absolute Gasteiger partial charge is 0.335 e. The lowest BCUT2D eigenvalue weighted by molar-refractivity contribution is -0.139. The van der Waals surface area contributed by atoms with E-state index in [4.69, 9.17) is 0 Å². The Balaban J connectivity index is 1.66. The summed E-state index contributed by atoms with van der Waals surface area (Å²) < 4.78 is 24.6. The Morgan fingerprint density at radius 2 is 1.95 bits per heavy atom. The van der Waals surface area contributed by atoms with Crippen molar-refractivity contribution >= 4 is 27.3 Å². The molecule has 0 N–H and O–H groups in total. The van der Waals surface area contributed by atoms with Crippen molar-refractivity contribution < 1.29 is 13.2 Å². The van der Waals surface area contributed by atoms with Gasteiger partial charge in [-0.3, -0.25) is 4.79 Å². The molecular weight excluding hydrogens is 320 g/mol. The predicted molar refractivity (Wildman–Crippen MR) is 87.3 cm³/mol. The van der Waals surface area contributed by atoms with E-state index in [1.807, 2.05) is 4.90 Å². The van der Waals surface area contributed by atoms with Crippen LogP contribution in [-0.2, 0) is 21.2 Å². The smallest absolute Gasteiger partial charge is 0.226 e. The number of carbonyl (C=O) groups is 1. The quantitative estimate of drug-likeness (QED) is 0.824. The lowest BCUT2D eigenvalue weighted by Crippen LogP contribution is -2.46. The van der Waals surface area contributed by atoms with Gasteiger partial charge in [-0.25, -0.2) is 12.7 Å². The van der Waals surface area contributed by atoms with Crippen molar-refractivity contribution in [3.8, 4) is 0 Å². The summed E-state index contributed by atoms with van der Waals surface area (Å²) in [5, 5.41) is 2.10. The highest BCUT2D eigenvalue weighted by molar-refractivity contribution is 7.88. The number of amides is 1. The number of rotatable bonds is 2. The molecule has 7 heteroatoms. The number of nitrogens with zero attached hydrogens (tertiary/aromatic N) is 2. The minimum Gasteiger partial charge on any atom is -0.335 e. The molecule has 0 aromatic carbocycles. The third-order valence-corrected chi connectivity index (χ3v) is 7.13. The zero-order valence-corrected chi connectivity index (χ0v) is 14.6. The minimum atomic E-state index is -3.13. The summed E-state index contributed by atoms with van der Waals surface area (Å²) in [5.41, 5.74) is 1.28. The molecule has 0 bridgehead atoms. The molecule has 0 spiro atoms. The van der Waals surface area contributed by atoms with Gasteiger partial charge in [0.25, 0.3) is 0 Å². The highest BCUT2D eigenvalue weighted by Crippen LogP contribution is 2.34. The van der Waals surface area contributed by atoms with Crippen molar-refractivity contribution in [1.29, 1.82) is 0 Å². The van der Waals surface area contributed by atoms with Crippen LogP contribution in [0, 0.1) is 5.92 Å². The van der Waals surface area contributed by atoms with Crippen molar-refractivity contribution in [1.82, 2.24) is 9.21 Å². The zero-order chi connectivity index (χ0) is 15.9. The second-order valence-electron chi connectivity index (χ2n) is 6.19. The maximum atomic E-state index is 12.8. The van der Waals surface area contributed by atoms with E-state index < -0.39 is 10.0 Å². The summed E-state index contributed by atoms with van der Waals surface area (Å²) in [7, 11) is -3.13. The van der Waals surface area contributed by atoms with Gasteiger partial charge in [0.05, 0.1) is 12.3 Å². The van der Waals surface area contributed by atoms with Gasteiger partial charge in [-0.2, -0.15) is 0 Å². The molecule has 2 aliphatic heterocycles. The summed E-state index contributed by atoms with van der Waals surface area (Å²) >= 11 is 1.77. The molecule has 3 heterocycles. The van der Waals surface area contributed by atoms with E-state index in [0.29, 0.717) is 25.9 Å². The number of sulfonamides is 1. The minimum absolute atomic E-state index is 0.0411. The fourth-order valence-electron chi connectivity index (χ4n) is 3.48. The van der Waals surface area contributed by atoms with Gasteiger partial charge in [-0.15, -0.1) is 11.3 Å². The molecule has 3 rings (SSSR count). The topological polar surface area (TPSA) is 57.7 Å². The van der Waals surface area contributed by atoms with Crippen LogP contribution in [0.5, 0.6) is 0 Å². The fourth-order valence-corrected chi connectivity index (χ4v) is 5.32. The third kappa shape index (κ3) is 2.94. The number of carbonyl (C=O) groups excluding carboxylic acids is 1. The molecule has 1 amide bonds. The molecule has 1 aromatic heterocycles. The van der Waals surface area contributed by atoms with Gasteiger partial charge in [0, 0.05) is 30.4 Å². The maximum absolute atomic E-state index is 12.8. The van der Waals surface area contributed by atoms with E-state index in [2.05, 4.69) is 18.4 Å². The first kappa shape index (κ1) is 16.0. The highest BCUT2D eigenvalue weighted by Gasteiger charge is 2.35. The van der Waals surface area contributed by atoms with Crippen LogP contribution in [0.3, 0.4) is 0 Å². The molecule has 1 fully saturated rings. The second-order valence-corrected chi connectivity index (χ2v) is 9.18. The zero-order valence-electron chi connectivity index (χ0n) is 13.0. The predicted octanol–water partition coefficient (Wildman–Crippen LogP) is 1.87. The van der Waals surface area contributed by atoms with E-state index in [1.54, 1.807) is 11.3 Å². The van der Waals surface area contributed by atoms with E-state index in [9.17, 15) is 13.2 Å². The lowest BCUT2D eigenvalue weighted by Gasteiger charge is -2.38. The van der Waals surface area contributed by atoms with Gasteiger partial charge in [0.1, 0.15) is 0 Å². The van der Waals surface area contributed by atoms with Crippen LogP contribution < -0.4 is 0 Å². The van der Waals surface area contributed by atoms with Crippen LogP contribution in [0.2, 0.25) is 0 Å². The summed E-state index contributed by atoms with van der Waals surface area (Å²) in [5.74, 6) is 0.151. The first-order valence-corrected chi connectivity index (χ1v) is 10.4. The summed E-state index contributed by atoms with van der Waals surface area (Å²) in [6.07, 6.45) is 3.43. The number of piperidine rings is 1. The van der Waals surface area contributed by atoms with E-state index >= 15 is 0 Å². The van der Waals surface area contributed by atoms with Gasteiger partial charge in [-0.1, -0.05) is 0 Å². The molecule has 0 radical (unpaired) electrons. The van der Waals surface area contributed by atoms with Crippen LogP contribution in [0.15, 0.2) is 11.4 Å². The number of hydrogen-bond donors (Lipinski definition) is 0. The third-order valence-electron chi connectivity index (χ3n) is 4.83. The summed E-state index contributed by atoms with van der Waals surface area (Å²) in [6.45, 7) is 3.79. The van der Waals surface area contributed by atoms with Gasteiger partial charge in [0.2, 0.25) is 15.9 Å². The second kappa shape index (κ2) is 5.94. The Labute approximate surface area is 136 Å². The highest BCUT2D eigenvalue weighted by atomic mass is 32.2. The molecule has 1 unspecified atom stereocenters. The molecule has 0 aliphatic carbocycles. The van der Waals surface area contributed by atoms with E-state index in [0.717, 1.165) is 13.0 Å². The normalized spacial score (nSPS) is 24.3. The van der Waals surface area contributed by atoms with Gasteiger partial charge in [-0.05, 0) is 43.2 Å². The molecule has 1 saturated heterocycles. The Bertz CT molecular complexity index is 660. The van der Waals surface area contributed by atoms with Crippen molar-refractivity contribution in [3.05, 3.63) is 21.9 Å². The van der Waals surface area contributed by atoms with Crippen molar-refractivity contribution in [2.24, 2.45) is 5.92 Å². The van der Waals surface area contributed by atoms with Gasteiger partial charge in [0.15, 0.2) is 0 Å². The molecule has 1 aromatic rings. The lowest BCUT2D eigenvalue weighted by atomic mass is 9.93. The average Bonchev–Trinajstić information content (AvgIpc) is 2.96. The average molecular weight is 342 g/mol. The van der Waals surface area contributed by atoms with Crippen molar-refractivity contribution in [3.63, 3.8) is 0 Å². The van der Waals surface area contributed by atoms with Crippen LogP contribution in [0.1, 0.15) is 36.2 Å². The first-order chi connectivity index (χ1) is 10.4. The van der Waals surface area contributed by atoms with Gasteiger partial charge < -0.3 is 4.90 Å². The fraction of sp³-hybridized carbons (Fsp3) is 0.667. The maximum Gasteiger partial charge on any atom is 0.226 e. The van der Waals surface area contributed by atoms with Crippen molar-refractivity contribution in [2.75, 3.05) is 25.9 Å². The summed E-state index contributed by atoms with van der Waals surface area (Å²) in [6, 6.07) is 2.26. The molecule has 122 valence electrons. The van der Waals surface area contributed by atoms with Crippen LogP contribution in [0.4, 0.5) is 0 Å². The molecule has 22 heavy (non-hydrogen) atoms. The van der Waals surface area contributed by atoms with Crippen molar-refractivity contribution in [2.45, 2.75) is 32.2 Å². The number of hydrogen-bond acceptors (Lipinski definition) is 4. The Morgan fingerprint density at radius 1 is 1.27 bits per heavy atom. The standard InChI is InChI=1S/C15H22N2O3S2/c1-11-13-6-10-21-14(13)5-9-17(11)15(18)12-3-7-16(8-4-12)22(2,19)20/h6,10-12H,3-5,7-9H2,1-2H3. The monoisotopic (exact) mass is 342 g/mol. The Kier molecular flexibility index (Phi) is 4.31. The molecule has 5 nitrogen and oxygen atoms in total. The summed E-state index contributed by atoms with van der Waals surface area (Å²) in [4.78, 5) is 16.2. The Hall–Kier alpha value is -0.920. The number of thiophene rings is 1. The van der Waals surface area contributed by atoms with Crippen LogP contribution >= 0.6 is 11.3 Å². The van der Waals surface area contributed by atoms with Gasteiger partial charge >= 0.3 is 0 Å². The number of fused-ring (bicyclic) bond motifs is 1. The van der Waals surface area contributed by atoms with Crippen LogP contribution in [0.25, 0.3) is 0 Å². The molecular formula is C15H22N2O3S2.